The summed E-state index contributed by atoms with van der Waals surface area (Å²) in [6, 6.07) is 14.8. The number of carboxylic acid groups (broad SMARTS) is 1. The molecule has 160 valence electrons. The van der Waals surface area contributed by atoms with Crippen LogP contribution < -0.4 is 11.1 Å². The molecule has 0 radical (unpaired) electrons. The Hall–Kier alpha value is -4.14. The molecular weight excluding hydrogens is 398 g/mol. The summed E-state index contributed by atoms with van der Waals surface area (Å²) < 4.78 is 0. The van der Waals surface area contributed by atoms with Gasteiger partial charge in [0.15, 0.2) is 0 Å². The highest BCUT2D eigenvalue weighted by atomic mass is 16.4. The van der Waals surface area contributed by atoms with Crippen LogP contribution in [-0.4, -0.2) is 52.2 Å². The Morgan fingerprint density at radius 2 is 1.87 bits per heavy atom. The van der Waals surface area contributed by atoms with Crippen molar-refractivity contribution >= 4 is 34.5 Å². The number of aliphatic carboxylic acids is 1. The fraction of sp³-hybridized carbons (Fsp3) is 0.182. The van der Waals surface area contributed by atoms with E-state index >= 15 is 0 Å². The zero-order chi connectivity index (χ0) is 22.5. The van der Waals surface area contributed by atoms with E-state index in [0.717, 1.165) is 5.39 Å². The number of benzene rings is 2. The number of aromatic nitrogens is 1. The average Bonchev–Trinajstić information content (AvgIpc) is 3.16. The maximum atomic E-state index is 12.8. The molecule has 1 aromatic heterocycles. The first kappa shape index (κ1) is 21.6. The van der Waals surface area contributed by atoms with Crippen molar-refractivity contribution in [2.45, 2.75) is 12.5 Å². The Kier molecular flexibility index (Phi) is 6.35. The third-order valence-electron chi connectivity index (χ3n) is 4.81. The molecule has 0 saturated heterocycles. The number of carbonyl (C=O) groups excluding carboxylic acids is 2. The monoisotopic (exact) mass is 421 g/mol. The summed E-state index contributed by atoms with van der Waals surface area (Å²) in [5, 5.41) is 20.1. The maximum Gasteiger partial charge on any atom is 0.305 e. The first-order valence-electron chi connectivity index (χ1n) is 9.53. The minimum absolute atomic E-state index is 0.0703. The van der Waals surface area contributed by atoms with E-state index in [4.69, 9.17) is 16.2 Å². The highest BCUT2D eigenvalue weighted by Crippen LogP contribution is 2.19. The van der Waals surface area contributed by atoms with Crippen molar-refractivity contribution in [1.29, 1.82) is 5.41 Å². The molecule has 6 N–H and O–H groups in total. The van der Waals surface area contributed by atoms with E-state index in [1.165, 1.54) is 11.9 Å². The van der Waals surface area contributed by atoms with E-state index in [2.05, 4.69) is 10.3 Å². The van der Waals surface area contributed by atoms with Crippen LogP contribution in [0.1, 0.15) is 34.1 Å². The van der Waals surface area contributed by atoms with Gasteiger partial charge in [-0.1, -0.05) is 30.3 Å². The van der Waals surface area contributed by atoms with E-state index in [1.807, 2.05) is 0 Å². The number of nitrogen functional groups attached to an aromatic ring is 1. The van der Waals surface area contributed by atoms with Gasteiger partial charge in [0.05, 0.1) is 19.0 Å². The van der Waals surface area contributed by atoms with Gasteiger partial charge in [-0.3, -0.25) is 19.8 Å². The molecule has 0 fully saturated rings. The van der Waals surface area contributed by atoms with E-state index in [-0.39, 0.29) is 24.5 Å². The Balaban J connectivity index is 1.69. The zero-order valence-electron chi connectivity index (χ0n) is 16.9. The number of H-pyrrole nitrogens is 1. The Bertz CT molecular complexity index is 1140. The van der Waals surface area contributed by atoms with Gasteiger partial charge in [0, 0.05) is 23.5 Å². The fourth-order valence-electron chi connectivity index (χ4n) is 3.26. The number of fused-ring (bicyclic) bond motifs is 1. The van der Waals surface area contributed by atoms with Crippen LogP contribution in [0.15, 0.2) is 54.6 Å². The van der Waals surface area contributed by atoms with E-state index in [0.29, 0.717) is 16.6 Å². The molecule has 1 unspecified atom stereocenters. The lowest BCUT2D eigenvalue weighted by Gasteiger charge is -2.20. The molecule has 0 aliphatic rings. The summed E-state index contributed by atoms with van der Waals surface area (Å²) in [4.78, 5) is 40.7. The van der Waals surface area contributed by atoms with Crippen LogP contribution in [0.4, 0.5) is 0 Å². The topological polar surface area (TPSA) is 152 Å². The number of nitrogens with two attached hydrogens (primary N) is 1. The molecule has 2 aromatic carbocycles. The molecule has 9 nitrogen and oxygen atoms in total. The van der Waals surface area contributed by atoms with Crippen LogP contribution in [-0.2, 0) is 9.59 Å². The SMILES string of the molecule is CN(CC(=O)NC(CC(=O)O)c1ccccc1)C(=O)c1cc2cc(C(=N)N)ccc2[nH]1. The number of likely N-dealkylation sites (N-methyl/N-ethyl adjacent to an activating group) is 1. The first-order chi connectivity index (χ1) is 14.7. The summed E-state index contributed by atoms with van der Waals surface area (Å²) in [5.74, 6) is -1.98. The highest BCUT2D eigenvalue weighted by Gasteiger charge is 2.21. The molecule has 0 aliphatic carbocycles. The van der Waals surface area contributed by atoms with E-state index in [1.54, 1.807) is 54.6 Å². The van der Waals surface area contributed by atoms with Gasteiger partial charge in [-0.05, 0) is 29.8 Å². The molecule has 1 atom stereocenters. The number of carboxylic acids is 1. The van der Waals surface area contributed by atoms with Crippen molar-refractivity contribution in [3.05, 3.63) is 71.4 Å². The van der Waals surface area contributed by atoms with Crippen molar-refractivity contribution in [3.8, 4) is 0 Å². The predicted octanol–water partition coefficient (Wildman–Crippen LogP) is 1.86. The Morgan fingerprint density at radius 1 is 1.16 bits per heavy atom. The van der Waals surface area contributed by atoms with Gasteiger partial charge in [0.25, 0.3) is 5.91 Å². The summed E-state index contributed by atoms with van der Waals surface area (Å²) in [5.41, 5.74) is 7.71. The fourth-order valence-corrected chi connectivity index (χ4v) is 3.26. The van der Waals surface area contributed by atoms with Gasteiger partial charge in [-0.15, -0.1) is 0 Å². The molecule has 0 saturated carbocycles. The number of amidine groups is 1. The van der Waals surface area contributed by atoms with E-state index in [9.17, 15) is 14.4 Å². The number of carbonyl (C=O) groups is 3. The summed E-state index contributed by atoms with van der Waals surface area (Å²) in [7, 11) is 1.49. The van der Waals surface area contributed by atoms with Crippen molar-refractivity contribution in [2.75, 3.05) is 13.6 Å². The average molecular weight is 421 g/mol. The number of nitrogens with zero attached hydrogens (tertiary/aromatic N) is 1. The largest absolute Gasteiger partial charge is 0.481 e. The standard InChI is InChI=1S/C22H23N5O4/c1-27(12-19(28)26-17(11-20(29)30)13-5-3-2-4-6-13)22(31)18-10-15-9-14(21(23)24)7-8-16(15)25-18/h2-10,17,25H,11-12H2,1H3,(H3,23,24)(H,26,28)(H,29,30). The lowest BCUT2D eigenvalue weighted by atomic mass is 10.0. The molecule has 3 aromatic rings. The summed E-state index contributed by atoms with van der Waals surface area (Å²) in [6.07, 6.45) is -0.270. The minimum atomic E-state index is -1.04. The zero-order valence-corrected chi connectivity index (χ0v) is 16.9. The number of hydrogen-bond donors (Lipinski definition) is 5. The van der Waals surface area contributed by atoms with Crippen LogP contribution >= 0.6 is 0 Å². The molecule has 3 rings (SSSR count). The van der Waals surface area contributed by atoms with Gasteiger partial charge in [-0.25, -0.2) is 0 Å². The van der Waals surface area contributed by atoms with Gasteiger partial charge in [0.1, 0.15) is 11.5 Å². The van der Waals surface area contributed by atoms with Crippen LogP contribution in [0.2, 0.25) is 0 Å². The second-order valence-corrected chi connectivity index (χ2v) is 7.19. The summed E-state index contributed by atoms with van der Waals surface area (Å²) in [6.45, 7) is -0.240. The number of amides is 2. The van der Waals surface area contributed by atoms with Gasteiger partial charge >= 0.3 is 5.97 Å². The molecule has 9 heteroatoms. The number of aromatic amines is 1. The van der Waals surface area contributed by atoms with Gasteiger partial charge in [0.2, 0.25) is 5.91 Å². The van der Waals surface area contributed by atoms with Crippen molar-refractivity contribution < 1.29 is 19.5 Å². The maximum absolute atomic E-state index is 12.8. The lowest BCUT2D eigenvalue weighted by Crippen LogP contribution is -2.40. The molecule has 0 aliphatic heterocycles. The second kappa shape index (κ2) is 9.12. The quantitative estimate of drug-likeness (QED) is 0.278. The normalized spacial score (nSPS) is 11.6. The lowest BCUT2D eigenvalue weighted by molar-refractivity contribution is -0.137. The van der Waals surface area contributed by atoms with Gasteiger partial charge < -0.3 is 26.0 Å². The molecule has 31 heavy (non-hydrogen) atoms. The molecular formula is C22H23N5O4. The third kappa shape index (κ3) is 5.27. The minimum Gasteiger partial charge on any atom is -0.481 e. The highest BCUT2D eigenvalue weighted by molar-refractivity contribution is 6.02. The van der Waals surface area contributed by atoms with Crippen molar-refractivity contribution in [3.63, 3.8) is 0 Å². The molecule has 0 bridgehead atoms. The van der Waals surface area contributed by atoms with Crippen LogP contribution in [0.3, 0.4) is 0 Å². The predicted molar refractivity (Wildman–Crippen MR) is 116 cm³/mol. The second-order valence-electron chi connectivity index (χ2n) is 7.19. The van der Waals surface area contributed by atoms with E-state index < -0.39 is 23.8 Å². The van der Waals surface area contributed by atoms with Crippen molar-refractivity contribution in [2.24, 2.45) is 5.73 Å². The van der Waals surface area contributed by atoms with Crippen LogP contribution in [0.25, 0.3) is 10.9 Å². The molecule has 0 spiro atoms. The smallest absolute Gasteiger partial charge is 0.305 e. The molecule has 1 heterocycles. The summed E-state index contributed by atoms with van der Waals surface area (Å²) >= 11 is 0. The third-order valence-corrected chi connectivity index (χ3v) is 4.81. The number of rotatable bonds is 8. The first-order valence-corrected chi connectivity index (χ1v) is 9.53. The van der Waals surface area contributed by atoms with Crippen molar-refractivity contribution in [1.82, 2.24) is 15.2 Å². The van der Waals surface area contributed by atoms with Gasteiger partial charge in [-0.2, -0.15) is 0 Å². The Morgan fingerprint density at radius 3 is 2.52 bits per heavy atom. The number of nitrogens with one attached hydrogen (secondary N) is 3. The van der Waals surface area contributed by atoms with Crippen LogP contribution in [0, 0.1) is 5.41 Å². The molecule has 2 amide bonds. The Labute approximate surface area is 178 Å². The van der Waals surface area contributed by atoms with Crippen LogP contribution in [0.5, 0.6) is 0 Å². The number of hydrogen-bond acceptors (Lipinski definition) is 4.